The third-order valence-corrected chi connectivity index (χ3v) is 3.61. The number of hydrogen-bond acceptors (Lipinski definition) is 4. The molecule has 6 nitrogen and oxygen atoms in total. The highest BCUT2D eigenvalue weighted by atomic mass is 32.2. The van der Waals surface area contributed by atoms with E-state index >= 15 is 0 Å². The SMILES string of the molecule is CN(CC(=O)N1CCCC1)C(=O)CSCC(=O)O. The number of aliphatic carboxylic acids is 1. The van der Waals surface area contributed by atoms with Crippen molar-refractivity contribution in [1.82, 2.24) is 9.80 Å². The number of likely N-dealkylation sites (N-methyl/N-ethyl adjacent to an activating group) is 1. The Kier molecular flexibility index (Phi) is 5.97. The molecule has 0 spiro atoms. The van der Waals surface area contributed by atoms with Gasteiger partial charge in [-0.3, -0.25) is 14.4 Å². The summed E-state index contributed by atoms with van der Waals surface area (Å²) in [5.41, 5.74) is 0. The number of carboxylic acid groups (broad SMARTS) is 1. The first-order chi connectivity index (χ1) is 8.50. The maximum absolute atomic E-state index is 11.8. The number of nitrogens with zero attached hydrogens (tertiary/aromatic N) is 2. The van der Waals surface area contributed by atoms with Crippen molar-refractivity contribution in [3.63, 3.8) is 0 Å². The molecule has 18 heavy (non-hydrogen) atoms. The minimum Gasteiger partial charge on any atom is -0.481 e. The van der Waals surface area contributed by atoms with Crippen LogP contribution in [-0.2, 0) is 14.4 Å². The summed E-state index contributed by atoms with van der Waals surface area (Å²) >= 11 is 1.04. The lowest BCUT2D eigenvalue weighted by molar-refractivity contribution is -0.137. The average Bonchev–Trinajstić information content (AvgIpc) is 2.81. The molecule has 1 N–H and O–H groups in total. The Balaban J connectivity index is 2.25. The quantitative estimate of drug-likeness (QED) is 0.731. The fourth-order valence-electron chi connectivity index (χ4n) is 1.69. The van der Waals surface area contributed by atoms with Gasteiger partial charge in [-0.25, -0.2) is 0 Å². The van der Waals surface area contributed by atoms with E-state index in [4.69, 9.17) is 5.11 Å². The molecule has 0 aliphatic carbocycles. The van der Waals surface area contributed by atoms with Gasteiger partial charge in [-0.2, -0.15) is 0 Å². The maximum Gasteiger partial charge on any atom is 0.313 e. The van der Waals surface area contributed by atoms with E-state index in [1.54, 1.807) is 11.9 Å². The summed E-state index contributed by atoms with van der Waals surface area (Å²) in [6.45, 7) is 1.62. The van der Waals surface area contributed by atoms with E-state index < -0.39 is 5.97 Å². The first-order valence-electron chi connectivity index (χ1n) is 5.82. The summed E-state index contributed by atoms with van der Waals surface area (Å²) in [5.74, 6) is -1.19. The average molecular weight is 274 g/mol. The normalized spacial score (nSPS) is 14.6. The highest BCUT2D eigenvalue weighted by Crippen LogP contribution is 2.08. The van der Waals surface area contributed by atoms with Gasteiger partial charge in [-0.15, -0.1) is 11.8 Å². The smallest absolute Gasteiger partial charge is 0.313 e. The largest absolute Gasteiger partial charge is 0.481 e. The predicted molar refractivity (Wildman–Crippen MR) is 68.4 cm³/mol. The number of rotatable bonds is 6. The van der Waals surface area contributed by atoms with Gasteiger partial charge in [-0.1, -0.05) is 0 Å². The molecule has 0 saturated carbocycles. The van der Waals surface area contributed by atoms with E-state index in [1.165, 1.54) is 4.90 Å². The van der Waals surface area contributed by atoms with Gasteiger partial charge >= 0.3 is 5.97 Å². The molecule has 0 aromatic carbocycles. The van der Waals surface area contributed by atoms with E-state index in [2.05, 4.69) is 0 Å². The Labute approximate surface area is 110 Å². The van der Waals surface area contributed by atoms with Crippen LogP contribution in [0.1, 0.15) is 12.8 Å². The Bertz CT molecular complexity index is 329. The molecule has 1 fully saturated rings. The van der Waals surface area contributed by atoms with Crippen molar-refractivity contribution in [2.24, 2.45) is 0 Å². The lowest BCUT2D eigenvalue weighted by Crippen LogP contribution is -2.40. The topological polar surface area (TPSA) is 77.9 Å². The van der Waals surface area contributed by atoms with Gasteiger partial charge in [0.05, 0.1) is 18.1 Å². The Morgan fingerprint density at radius 3 is 2.39 bits per heavy atom. The summed E-state index contributed by atoms with van der Waals surface area (Å²) in [4.78, 5) is 36.8. The molecule has 0 atom stereocenters. The van der Waals surface area contributed by atoms with Crippen LogP contribution in [0.5, 0.6) is 0 Å². The van der Waals surface area contributed by atoms with Crippen LogP contribution < -0.4 is 0 Å². The van der Waals surface area contributed by atoms with Crippen molar-refractivity contribution < 1.29 is 19.5 Å². The number of likely N-dealkylation sites (tertiary alicyclic amines) is 1. The number of carbonyl (C=O) groups excluding carboxylic acids is 2. The first kappa shape index (κ1) is 14.8. The zero-order chi connectivity index (χ0) is 13.5. The summed E-state index contributed by atoms with van der Waals surface area (Å²) < 4.78 is 0. The van der Waals surface area contributed by atoms with Crippen molar-refractivity contribution in [3.8, 4) is 0 Å². The lowest BCUT2D eigenvalue weighted by Gasteiger charge is -2.21. The third kappa shape index (κ3) is 4.95. The van der Waals surface area contributed by atoms with Gasteiger partial charge in [0.15, 0.2) is 0 Å². The standard InChI is InChI=1S/C11H18N2O4S/c1-12(10(15)7-18-8-11(16)17)6-9(14)13-4-2-3-5-13/h2-8H2,1H3,(H,16,17). The van der Waals surface area contributed by atoms with Crippen molar-refractivity contribution in [1.29, 1.82) is 0 Å². The van der Waals surface area contributed by atoms with Gasteiger partial charge in [-0.05, 0) is 12.8 Å². The molecular formula is C11H18N2O4S. The monoisotopic (exact) mass is 274 g/mol. The van der Waals surface area contributed by atoms with Crippen molar-refractivity contribution >= 4 is 29.5 Å². The van der Waals surface area contributed by atoms with Gasteiger partial charge in [0, 0.05) is 20.1 Å². The van der Waals surface area contributed by atoms with E-state index in [-0.39, 0.29) is 29.9 Å². The highest BCUT2D eigenvalue weighted by molar-refractivity contribution is 8.00. The maximum atomic E-state index is 11.8. The molecule has 2 amide bonds. The van der Waals surface area contributed by atoms with Crippen LogP contribution in [0.4, 0.5) is 0 Å². The molecule has 0 aromatic rings. The first-order valence-corrected chi connectivity index (χ1v) is 6.97. The van der Waals surface area contributed by atoms with Crippen molar-refractivity contribution in [2.75, 3.05) is 38.2 Å². The molecule has 0 aromatic heterocycles. The van der Waals surface area contributed by atoms with Crippen LogP contribution in [0.2, 0.25) is 0 Å². The molecule has 0 radical (unpaired) electrons. The second kappa shape index (κ2) is 7.25. The van der Waals surface area contributed by atoms with Gasteiger partial charge in [0.2, 0.25) is 11.8 Å². The highest BCUT2D eigenvalue weighted by Gasteiger charge is 2.21. The third-order valence-electron chi connectivity index (χ3n) is 2.71. The van der Waals surface area contributed by atoms with Crippen molar-refractivity contribution in [3.05, 3.63) is 0 Å². The second-order valence-corrected chi connectivity index (χ2v) is 5.21. The van der Waals surface area contributed by atoms with Gasteiger partial charge in [0.1, 0.15) is 0 Å². The lowest BCUT2D eigenvalue weighted by atomic mass is 10.4. The summed E-state index contributed by atoms with van der Waals surface area (Å²) in [6, 6.07) is 0. The van der Waals surface area contributed by atoms with Crippen LogP contribution in [0.3, 0.4) is 0 Å². The zero-order valence-electron chi connectivity index (χ0n) is 10.4. The Morgan fingerprint density at radius 1 is 1.22 bits per heavy atom. The summed E-state index contributed by atoms with van der Waals surface area (Å²) in [6.07, 6.45) is 2.05. The van der Waals surface area contributed by atoms with Crippen molar-refractivity contribution in [2.45, 2.75) is 12.8 Å². The number of thioether (sulfide) groups is 1. The van der Waals surface area contributed by atoms with E-state index in [0.29, 0.717) is 0 Å². The van der Waals surface area contributed by atoms with Crippen LogP contribution >= 0.6 is 11.8 Å². The zero-order valence-corrected chi connectivity index (χ0v) is 11.2. The van der Waals surface area contributed by atoms with E-state index in [0.717, 1.165) is 37.7 Å². The number of carboxylic acids is 1. The molecule has 1 rings (SSSR count). The molecule has 0 bridgehead atoms. The predicted octanol–water partition coefficient (Wildman–Crippen LogP) is -0.115. The molecule has 102 valence electrons. The molecule has 7 heteroatoms. The van der Waals surface area contributed by atoms with Crippen LogP contribution in [0.15, 0.2) is 0 Å². The molecule has 1 aliphatic heterocycles. The van der Waals surface area contributed by atoms with E-state index in [1.807, 2.05) is 0 Å². The van der Waals surface area contributed by atoms with Gasteiger partial charge in [0.25, 0.3) is 0 Å². The van der Waals surface area contributed by atoms with Crippen LogP contribution in [0.25, 0.3) is 0 Å². The Hall–Kier alpha value is -1.24. The number of carbonyl (C=O) groups is 3. The Morgan fingerprint density at radius 2 is 1.83 bits per heavy atom. The molecular weight excluding hydrogens is 256 g/mol. The van der Waals surface area contributed by atoms with Crippen LogP contribution in [0, 0.1) is 0 Å². The summed E-state index contributed by atoms with van der Waals surface area (Å²) in [5, 5.41) is 8.45. The van der Waals surface area contributed by atoms with E-state index in [9.17, 15) is 14.4 Å². The molecule has 0 unspecified atom stereocenters. The van der Waals surface area contributed by atoms with Gasteiger partial charge < -0.3 is 14.9 Å². The molecule has 1 heterocycles. The minimum atomic E-state index is -0.941. The summed E-state index contributed by atoms with van der Waals surface area (Å²) in [7, 11) is 1.57. The molecule has 1 saturated heterocycles. The van der Waals surface area contributed by atoms with Crippen LogP contribution in [-0.4, -0.2) is 70.9 Å². The fourth-order valence-corrected chi connectivity index (χ4v) is 2.37. The minimum absolute atomic E-state index is 0.0356. The number of amides is 2. The second-order valence-electron chi connectivity index (χ2n) is 4.22. The fraction of sp³-hybridized carbons (Fsp3) is 0.727. The number of hydrogen-bond donors (Lipinski definition) is 1. The molecule has 1 aliphatic rings.